The second-order valence-electron chi connectivity index (χ2n) is 3.75. The lowest BCUT2D eigenvalue weighted by Crippen LogP contribution is -2.35. The summed E-state index contributed by atoms with van der Waals surface area (Å²) in [7, 11) is 0. The van der Waals surface area contributed by atoms with E-state index in [1.165, 1.54) is 0 Å². The highest BCUT2D eigenvalue weighted by atomic mass is 16.7. The number of primary amides is 1. The lowest BCUT2D eigenvalue weighted by atomic mass is 10.1. The molecule has 0 aliphatic carbocycles. The molecule has 1 aliphatic rings. The highest BCUT2D eigenvalue weighted by Gasteiger charge is 2.36. The Bertz CT molecular complexity index is 364. The molecule has 0 radical (unpaired) electrons. The van der Waals surface area contributed by atoms with Gasteiger partial charge >= 0.3 is 0 Å². The van der Waals surface area contributed by atoms with Crippen LogP contribution in [0.5, 0.6) is 11.5 Å². The van der Waals surface area contributed by atoms with Crippen molar-refractivity contribution in [3.05, 3.63) is 24.3 Å². The minimum absolute atomic E-state index is 0.254. The molecule has 1 heterocycles. The van der Waals surface area contributed by atoms with Crippen LogP contribution >= 0.6 is 0 Å². The van der Waals surface area contributed by atoms with Crippen LogP contribution in [0.3, 0.4) is 0 Å². The number of ether oxygens (including phenoxy) is 2. The zero-order valence-electron chi connectivity index (χ0n) is 8.53. The molecule has 4 nitrogen and oxygen atoms in total. The molecular formula is C11H13NO3. The third kappa shape index (κ3) is 2.03. The summed E-state index contributed by atoms with van der Waals surface area (Å²) >= 11 is 0. The Morgan fingerprint density at radius 3 is 2.33 bits per heavy atom. The quantitative estimate of drug-likeness (QED) is 0.815. The number of fused-ring (bicyclic) bond motifs is 1. The molecule has 1 aliphatic heterocycles. The maximum Gasteiger partial charge on any atom is 0.249 e. The predicted octanol–water partition coefficient (Wildman–Crippen LogP) is 1.44. The number of benzene rings is 1. The molecule has 0 atom stereocenters. The molecule has 1 aromatic carbocycles. The van der Waals surface area contributed by atoms with Crippen molar-refractivity contribution in [2.24, 2.45) is 5.73 Å². The van der Waals surface area contributed by atoms with Crippen LogP contribution in [0, 0.1) is 0 Å². The molecule has 1 aromatic rings. The molecule has 0 unspecified atom stereocenters. The summed E-state index contributed by atoms with van der Waals surface area (Å²) in [5, 5.41) is 0. The Hall–Kier alpha value is -1.71. The molecule has 0 saturated heterocycles. The lowest BCUT2D eigenvalue weighted by Gasteiger charge is -2.22. The average molecular weight is 207 g/mol. The Balaban J connectivity index is 2.07. The molecule has 2 N–H and O–H groups in total. The zero-order valence-corrected chi connectivity index (χ0v) is 8.53. The van der Waals surface area contributed by atoms with Gasteiger partial charge in [-0.05, 0) is 12.1 Å². The number of hydrogen-bond acceptors (Lipinski definition) is 3. The number of para-hydroxylation sites is 2. The molecule has 0 fully saturated rings. The predicted molar refractivity (Wildman–Crippen MR) is 54.5 cm³/mol. The summed E-state index contributed by atoms with van der Waals surface area (Å²) < 4.78 is 11.2. The van der Waals surface area contributed by atoms with Gasteiger partial charge in [0.15, 0.2) is 11.5 Å². The molecule has 1 amide bonds. The summed E-state index contributed by atoms with van der Waals surface area (Å²) in [4.78, 5) is 10.7. The normalized spacial score (nSPS) is 16.3. The number of hydrogen-bond donors (Lipinski definition) is 1. The fourth-order valence-corrected chi connectivity index (χ4v) is 1.56. The van der Waals surface area contributed by atoms with Crippen molar-refractivity contribution in [1.82, 2.24) is 0 Å². The third-order valence-electron chi connectivity index (χ3n) is 2.33. The molecular weight excluding hydrogens is 194 g/mol. The van der Waals surface area contributed by atoms with Gasteiger partial charge in [0.2, 0.25) is 11.7 Å². The monoisotopic (exact) mass is 207 g/mol. The van der Waals surface area contributed by atoms with Crippen molar-refractivity contribution in [1.29, 1.82) is 0 Å². The van der Waals surface area contributed by atoms with Crippen LogP contribution in [0.25, 0.3) is 0 Å². The average Bonchev–Trinajstić information content (AvgIpc) is 2.52. The van der Waals surface area contributed by atoms with E-state index in [2.05, 4.69) is 0 Å². The van der Waals surface area contributed by atoms with Crippen LogP contribution in [-0.4, -0.2) is 11.7 Å². The summed E-state index contributed by atoms with van der Waals surface area (Å²) in [5.74, 6) is 0.312. The van der Waals surface area contributed by atoms with Gasteiger partial charge in [-0.25, -0.2) is 0 Å². The van der Waals surface area contributed by atoms with E-state index < -0.39 is 5.79 Å². The molecule has 0 aromatic heterocycles. The summed E-state index contributed by atoms with van der Waals surface area (Å²) in [6.07, 6.45) is 0.710. The standard InChI is InChI=1S/C11H13NO3/c1-11(7-6-10(12)13)14-8-4-2-3-5-9(8)15-11/h2-5H,6-7H2,1H3,(H2,12,13). The van der Waals surface area contributed by atoms with Gasteiger partial charge in [-0.1, -0.05) is 12.1 Å². The molecule has 0 spiro atoms. The van der Waals surface area contributed by atoms with Gasteiger partial charge in [-0.3, -0.25) is 4.79 Å². The van der Waals surface area contributed by atoms with E-state index >= 15 is 0 Å². The van der Waals surface area contributed by atoms with Crippen molar-refractivity contribution in [2.75, 3.05) is 0 Å². The third-order valence-corrected chi connectivity index (χ3v) is 2.33. The fraction of sp³-hybridized carbons (Fsp3) is 0.364. The second-order valence-corrected chi connectivity index (χ2v) is 3.75. The molecule has 0 saturated carbocycles. The first-order valence-electron chi connectivity index (χ1n) is 4.84. The van der Waals surface area contributed by atoms with Gasteiger partial charge in [0.25, 0.3) is 0 Å². The zero-order chi connectivity index (χ0) is 10.9. The van der Waals surface area contributed by atoms with Gasteiger partial charge in [-0.2, -0.15) is 0 Å². The van der Waals surface area contributed by atoms with Crippen LogP contribution in [0.15, 0.2) is 24.3 Å². The minimum atomic E-state index is -0.765. The van der Waals surface area contributed by atoms with E-state index in [0.29, 0.717) is 17.9 Å². The van der Waals surface area contributed by atoms with Gasteiger partial charge in [0, 0.05) is 19.8 Å². The Labute approximate surface area is 88.0 Å². The maximum absolute atomic E-state index is 10.7. The van der Waals surface area contributed by atoms with Crippen molar-refractivity contribution in [2.45, 2.75) is 25.6 Å². The minimum Gasteiger partial charge on any atom is -0.449 e. The first kappa shape index (κ1) is 9.83. The van der Waals surface area contributed by atoms with Crippen LogP contribution < -0.4 is 15.2 Å². The van der Waals surface area contributed by atoms with E-state index in [1.807, 2.05) is 24.3 Å². The molecule has 2 rings (SSSR count). The second kappa shape index (κ2) is 3.46. The Kier molecular flexibility index (Phi) is 2.26. The molecule has 4 heteroatoms. The fourth-order valence-electron chi connectivity index (χ4n) is 1.56. The number of rotatable bonds is 3. The molecule has 80 valence electrons. The highest BCUT2D eigenvalue weighted by Crippen LogP contribution is 2.40. The smallest absolute Gasteiger partial charge is 0.249 e. The van der Waals surface area contributed by atoms with Crippen molar-refractivity contribution >= 4 is 5.91 Å². The van der Waals surface area contributed by atoms with E-state index in [0.717, 1.165) is 0 Å². The first-order valence-corrected chi connectivity index (χ1v) is 4.84. The van der Waals surface area contributed by atoms with Crippen LogP contribution in [0.2, 0.25) is 0 Å². The van der Waals surface area contributed by atoms with Crippen molar-refractivity contribution in [3.8, 4) is 11.5 Å². The molecule has 15 heavy (non-hydrogen) atoms. The van der Waals surface area contributed by atoms with E-state index in [-0.39, 0.29) is 12.3 Å². The topological polar surface area (TPSA) is 61.6 Å². The van der Waals surface area contributed by atoms with Gasteiger partial charge in [0.1, 0.15) is 0 Å². The SMILES string of the molecule is CC1(CCC(N)=O)Oc2ccccc2O1. The van der Waals surface area contributed by atoms with Crippen LogP contribution in [0.1, 0.15) is 19.8 Å². The molecule has 0 bridgehead atoms. The van der Waals surface area contributed by atoms with Gasteiger partial charge < -0.3 is 15.2 Å². The Morgan fingerprint density at radius 2 is 1.87 bits per heavy atom. The number of carbonyl (C=O) groups excluding carboxylic acids is 1. The largest absolute Gasteiger partial charge is 0.449 e. The lowest BCUT2D eigenvalue weighted by molar-refractivity contribution is -0.122. The van der Waals surface area contributed by atoms with Crippen LogP contribution in [-0.2, 0) is 4.79 Å². The number of nitrogens with two attached hydrogens (primary N) is 1. The van der Waals surface area contributed by atoms with Crippen molar-refractivity contribution < 1.29 is 14.3 Å². The highest BCUT2D eigenvalue weighted by molar-refractivity contribution is 5.73. The van der Waals surface area contributed by atoms with E-state index in [4.69, 9.17) is 15.2 Å². The van der Waals surface area contributed by atoms with Gasteiger partial charge in [0.05, 0.1) is 0 Å². The van der Waals surface area contributed by atoms with Crippen molar-refractivity contribution in [3.63, 3.8) is 0 Å². The van der Waals surface area contributed by atoms with Gasteiger partial charge in [-0.15, -0.1) is 0 Å². The Morgan fingerprint density at radius 1 is 1.33 bits per heavy atom. The summed E-state index contributed by atoms with van der Waals surface area (Å²) in [5.41, 5.74) is 5.08. The maximum atomic E-state index is 10.7. The number of carbonyl (C=O) groups is 1. The number of amides is 1. The van der Waals surface area contributed by atoms with E-state index in [1.54, 1.807) is 6.92 Å². The summed E-state index contributed by atoms with van der Waals surface area (Å²) in [6.45, 7) is 1.80. The van der Waals surface area contributed by atoms with E-state index in [9.17, 15) is 4.79 Å². The van der Waals surface area contributed by atoms with Crippen LogP contribution in [0.4, 0.5) is 0 Å². The summed E-state index contributed by atoms with van der Waals surface area (Å²) in [6, 6.07) is 7.43. The first-order chi connectivity index (χ1) is 7.09.